The number of hydrogen-bond acceptors (Lipinski definition) is 2. The van der Waals surface area contributed by atoms with Crippen molar-refractivity contribution in [2.24, 2.45) is 0 Å². The van der Waals surface area contributed by atoms with Gasteiger partial charge in [0.1, 0.15) is 12.4 Å². The Balaban J connectivity index is 2.16. The van der Waals surface area contributed by atoms with Crippen molar-refractivity contribution in [1.82, 2.24) is 0 Å². The third-order valence-corrected chi connectivity index (χ3v) is 3.81. The predicted octanol–water partition coefficient (Wildman–Crippen LogP) is 4.68. The van der Waals surface area contributed by atoms with Crippen LogP contribution in [0.2, 0.25) is 10.0 Å². The summed E-state index contributed by atoms with van der Waals surface area (Å²) in [5.41, 5.74) is 3.87. The van der Waals surface area contributed by atoms with Crippen LogP contribution in [0.15, 0.2) is 30.3 Å². The van der Waals surface area contributed by atoms with Gasteiger partial charge in [-0.25, -0.2) is 0 Å². The van der Waals surface area contributed by atoms with Crippen molar-refractivity contribution in [2.45, 2.75) is 27.1 Å². The highest BCUT2D eigenvalue weighted by Crippen LogP contribution is 2.27. The van der Waals surface area contributed by atoms with Crippen molar-refractivity contribution in [3.8, 4) is 5.75 Å². The average Bonchev–Trinajstić information content (AvgIpc) is 2.41. The third-order valence-electron chi connectivity index (χ3n) is 3.07. The molecule has 0 aliphatic rings. The Hall–Kier alpha value is -1.22. The number of aliphatic hydroxyl groups is 1. The fourth-order valence-corrected chi connectivity index (χ4v) is 2.46. The zero-order valence-corrected chi connectivity index (χ0v) is 12.9. The van der Waals surface area contributed by atoms with Crippen LogP contribution in [-0.2, 0) is 13.2 Å². The van der Waals surface area contributed by atoms with Gasteiger partial charge in [-0.3, -0.25) is 0 Å². The van der Waals surface area contributed by atoms with Gasteiger partial charge in [0.25, 0.3) is 0 Å². The lowest BCUT2D eigenvalue weighted by atomic mass is 10.1. The molecular formula is C16H16Cl2O2. The molecule has 0 amide bonds. The van der Waals surface area contributed by atoms with E-state index in [4.69, 9.17) is 27.9 Å². The molecule has 0 spiro atoms. The standard InChI is InChI=1S/C16H16Cl2O2/c1-10-5-13(8-19)6-11(2)16(10)20-9-12-3-4-14(17)15(18)7-12/h3-7,19H,8-9H2,1-2H3. The van der Waals surface area contributed by atoms with E-state index in [1.807, 2.05) is 32.0 Å². The van der Waals surface area contributed by atoms with E-state index in [1.54, 1.807) is 12.1 Å². The number of halogens is 2. The number of ether oxygens (including phenoxy) is 1. The average molecular weight is 311 g/mol. The second-order valence-electron chi connectivity index (χ2n) is 4.75. The van der Waals surface area contributed by atoms with Crippen LogP contribution in [0.1, 0.15) is 22.3 Å². The van der Waals surface area contributed by atoms with Gasteiger partial charge in [0.2, 0.25) is 0 Å². The Kier molecular flexibility index (Phi) is 4.92. The second kappa shape index (κ2) is 6.49. The second-order valence-corrected chi connectivity index (χ2v) is 5.57. The van der Waals surface area contributed by atoms with Crippen LogP contribution in [0, 0.1) is 13.8 Å². The molecule has 0 aliphatic carbocycles. The molecule has 0 radical (unpaired) electrons. The lowest BCUT2D eigenvalue weighted by Gasteiger charge is -2.14. The van der Waals surface area contributed by atoms with Crippen molar-refractivity contribution in [3.05, 3.63) is 62.6 Å². The molecule has 4 heteroatoms. The largest absolute Gasteiger partial charge is 0.488 e. The van der Waals surface area contributed by atoms with Crippen molar-refractivity contribution in [3.63, 3.8) is 0 Å². The number of benzene rings is 2. The first-order valence-electron chi connectivity index (χ1n) is 6.29. The van der Waals surface area contributed by atoms with Gasteiger partial charge >= 0.3 is 0 Å². The van der Waals surface area contributed by atoms with E-state index >= 15 is 0 Å². The van der Waals surface area contributed by atoms with E-state index in [2.05, 4.69) is 0 Å². The molecule has 0 bridgehead atoms. The lowest BCUT2D eigenvalue weighted by molar-refractivity contribution is 0.280. The summed E-state index contributed by atoms with van der Waals surface area (Å²) in [6, 6.07) is 9.31. The minimum Gasteiger partial charge on any atom is -0.488 e. The number of hydrogen-bond donors (Lipinski definition) is 1. The minimum absolute atomic E-state index is 0.0365. The van der Waals surface area contributed by atoms with Gasteiger partial charge < -0.3 is 9.84 Å². The highest BCUT2D eigenvalue weighted by Gasteiger charge is 2.07. The molecule has 0 aromatic heterocycles. The van der Waals surface area contributed by atoms with Gasteiger partial charge in [-0.2, -0.15) is 0 Å². The molecule has 0 aliphatic heterocycles. The quantitative estimate of drug-likeness (QED) is 0.888. The van der Waals surface area contributed by atoms with Crippen molar-refractivity contribution >= 4 is 23.2 Å². The zero-order chi connectivity index (χ0) is 14.7. The van der Waals surface area contributed by atoms with Crippen LogP contribution in [0.4, 0.5) is 0 Å². The maximum atomic E-state index is 9.17. The van der Waals surface area contributed by atoms with Gasteiger partial charge in [0, 0.05) is 0 Å². The van der Waals surface area contributed by atoms with Crippen molar-refractivity contribution in [1.29, 1.82) is 0 Å². The molecule has 0 saturated carbocycles. The van der Waals surface area contributed by atoms with Gasteiger partial charge in [-0.05, 0) is 48.2 Å². The van der Waals surface area contributed by atoms with Crippen LogP contribution in [0.25, 0.3) is 0 Å². The zero-order valence-electron chi connectivity index (χ0n) is 11.4. The molecule has 0 atom stereocenters. The fourth-order valence-electron chi connectivity index (χ4n) is 2.14. The summed E-state index contributed by atoms with van der Waals surface area (Å²) in [4.78, 5) is 0. The molecule has 2 nitrogen and oxygen atoms in total. The van der Waals surface area contributed by atoms with Gasteiger partial charge in [-0.1, -0.05) is 41.4 Å². The summed E-state index contributed by atoms with van der Waals surface area (Å²) in [7, 11) is 0. The van der Waals surface area contributed by atoms with E-state index in [0.29, 0.717) is 16.7 Å². The summed E-state index contributed by atoms with van der Waals surface area (Å²) in [5.74, 6) is 0.841. The number of rotatable bonds is 4. The Morgan fingerprint density at radius 3 is 2.15 bits per heavy atom. The third kappa shape index (κ3) is 3.45. The summed E-state index contributed by atoms with van der Waals surface area (Å²) in [5, 5.41) is 10.2. The fraction of sp³-hybridized carbons (Fsp3) is 0.250. The summed E-state index contributed by atoms with van der Waals surface area (Å²) >= 11 is 11.9. The molecule has 0 saturated heterocycles. The predicted molar refractivity (Wildman–Crippen MR) is 82.6 cm³/mol. The number of aryl methyl sites for hydroxylation is 2. The maximum Gasteiger partial charge on any atom is 0.125 e. The summed E-state index contributed by atoms with van der Waals surface area (Å²) < 4.78 is 5.86. The molecular weight excluding hydrogens is 295 g/mol. The Morgan fingerprint density at radius 2 is 1.60 bits per heavy atom. The molecule has 1 N–H and O–H groups in total. The van der Waals surface area contributed by atoms with Gasteiger partial charge in [-0.15, -0.1) is 0 Å². The first-order valence-corrected chi connectivity index (χ1v) is 7.04. The molecule has 2 aromatic rings. The van der Waals surface area contributed by atoms with E-state index in [-0.39, 0.29) is 6.61 Å². The Bertz CT molecular complexity index is 601. The minimum atomic E-state index is 0.0365. The highest BCUT2D eigenvalue weighted by molar-refractivity contribution is 6.42. The molecule has 0 unspecified atom stereocenters. The van der Waals surface area contributed by atoms with E-state index in [0.717, 1.165) is 28.0 Å². The molecule has 20 heavy (non-hydrogen) atoms. The van der Waals surface area contributed by atoms with E-state index in [9.17, 15) is 5.11 Å². The smallest absolute Gasteiger partial charge is 0.125 e. The summed E-state index contributed by atoms with van der Waals surface area (Å²) in [6.07, 6.45) is 0. The van der Waals surface area contributed by atoms with Crippen LogP contribution >= 0.6 is 23.2 Å². The Morgan fingerprint density at radius 1 is 0.950 bits per heavy atom. The number of aliphatic hydroxyl groups excluding tert-OH is 1. The monoisotopic (exact) mass is 310 g/mol. The molecule has 106 valence electrons. The molecule has 0 fully saturated rings. The highest BCUT2D eigenvalue weighted by atomic mass is 35.5. The van der Waals surface area contributed by atoms with Crippen LogP contribution in [-0.4, -0.2) is 5.11 Å². The molecule has 2 aromatic carbocycles. The Labute approximate surface area is 128 Å². The molecule has 2 rings (SSSR count). The van der Waals surface area contributed by atoms with Crippen LogP contribution in [0.3, 0.4) is 0 Å². The first kappa shape index (κ1) is 15.2. The topological polar surface area (TPSA) is 29.5 Å². The molecule has 0 heterocycles. The van der Waals surface area contributed by atoms with Gasteiger partial charge in [0.05, 0.1) is 16.7 Å². The normalized spacial score (nSPS) is 10.7. The van der Waals surface area contributed by atoms with Crippen LogP contribution in [0.5, 0.6) is 5.75 Å². The van der Waals surface area contributed by atoms with Crippen molar-refractivity contribution < 1.29 is 9.84 Å². The summed E-state index contributed by atoms with van der Waals surface area (Å²) in [6.45, 7) is 4.40. The first-order chi connectivity index (χ1) is 9.51. The van der Waals surface area contributed by atoms with E-state index < -0.39 is 0 Å². The van der Waals surface area contributed by atoms with E-state index in [1.165, 1.54) is 0 Å². The SMILES string of the molecule is Cc1cc(CO)cc(C)c1OCc1ccc(Cl)c(Cl)c1. The van der Waals surface area contributed by atoms with Crippen molar-refractivity contribution in [2.75, 3.05) is 0 Å². The lowest BCUT2D eigenvalue weighted by Crippen LogP contribution is -2.00. The van der Waals surface area contributed by atoms with Gasteiger partial charge in [0.15, 0.2) is 0 Å². The van der Waals surface area contributed by atoms with Crippen LogP contribution < -0.4 is 4.74 Å². The maximum absolute atomic E-state index is 9.17.